The Balaban J connectivity index is 1.88. The SMILES string of the molecule is COc1ccc(S(=O)(=O)N[C@H]2CCOC2)cc1C(=O)Nc1ccc(F)c(C(F)F)c1. The topological polar surface area (TPSA) is 93.7 Å². The van der Waals surface area contributed by atoms with Gasteiger partial charge in [-0.2, -0.15) is 0 Å². The van der Waals surface area contributed by atoms with Crippen LogP contribution in [-0.2, 0) is 14.8 Å². The lowest BCUT2D eigenvalue weighted by Gasteiger charge is -2.14. The second kappa shape index (κ2) is 9.02. The third-order valence-electron chi connectivity index (χ3n) is 4.47. The Bertz CT molecular complexity index is 1040. The van der Waals surface area contributed by atoms with Crippen LogP contribution in [0.3, 0.4) is 0 Å². The predicted octanol–water partition coefficient (Wildman–Crippen LogP) is 3.09. The van der Waals surface area contributed by atoms with Gasteiger partial charge in [-0.25, -0.2) is 26.3 Å². The summed E-state index contributed by atoms with van der Waals surface area (Å²) in [6.45, 7) is 0.696. The van der Waals surface area contributed by atoms with E-state index in [4.69, 9.17) is 9.47 Å². The number of halogens is 3. The minimum Gasteiger partial charge on any atom is -0.496 e. The molecular weight excluding hydrogens is 425 g/mol. The number of carbonyl (C=O) groups excluding carboxylic acids is 1. The molecule has 1 aliphatic rings. The third kappa shape index (κ3) is 4.91. The van der Waals surface area contributed by atoms with Gasteiger partial charge in [-0.15, -0.1) is 0 Å². The highest BCUT2D eigenvalue weighted by atomic mass is 32.2. The summed E-state index contributed by atoms with van der Waals surface area (Å²) in [5.41, 5.74) is -1.07. The number of amides is 1. The van der Waals surface area contributed by atoms with Crippen LogP contribution in [0.4, 0.5) is 18.9 Å². The van der Waals surface area contributed by atoms with E-state index >= 15 is 0 Å². The molecule has 3 rings (SSSR count). The molecule has 162 valence electrons. The summed E-state index contributed by atoms with van der Waals surface area (Å²) >= 11 is 0. The number of methoxy groups -OCH3 is 1. The molecule has 1 amide bonds. The molecule has 30 heavy (non-hydrogen) atoms. The van der Waals surface area contributed by atoms with E-state index < -0.39 is 33.7 Å². The Morgan fingerprint density at radius 2 is 2.00 bits per heavy atom. The number of ether oxygens (including phenoxy) is 2. The highest BCUT2D eigenvalue weighted by Crippen LogP contribution is 2.27. The molecule has 0 saturated carbocycles. The number of hydrogen-bond acceptors (Lipinski definition) is 5. The minimum absolute atomic E-state index is 0.0757. The molecule has 0 spiro atoms. The second-order valence-electron chi connectivity index (χ2n) is 6.54. The van der Waals surface area contributed by atoms with Crippen molar-refractivity contribution in [3.05, 3.63) is 53.3 Å². The molecule has 1 fully saturated rings. The summed E-state index contributed by atoms with van der Waals surface area (Å²) < 4.78 is 77.2. The van der Waals surface area contributed by atoms with E-state index in [0.29, 0.717) is 13.0 Å². The van der Waals surface area contributed by atoms with Crippen LogP contribution in [0.15, 0.2) is 41.3 Å². The molecule has 1 atom stereocenters. The van der Waals surface area contributed by atoms with Crippen LogP contribution in [0.2, 0.25) is 0 Å². The lowest BCUT2D eigenvalue weighted by atomic mass is 10.1. The number of carbonyl (C=O) groups is 1. The fourth-order valence-corrected chi connectivity index (χ4v) is 4.21. The summed E-state index contributed by atoms with van der Waals surface area (Å²) in [7, 11) is -2.64. The fraction of sp³-hybridized carbons (Fsp3) is 0.316. The number of benzene rings is 2. The highest BCUT2D eigenvalue weighted by molar-refractivity contribution is 7.89. The summed E-state index contributed by atoms with van der Waals surface area (Å²) in [4.78, 5) is 12.5. The molecule has 0 aromatic heterocycles. The maximum Gasteiger partial charge on any atom is 0.266 e. The van der Waals surface area contributed by atoms with Crippen molar-refractivity contribution in [1.82, 2.24) is 4.72 Å². The summed E-state index contributed by atoms with van der Waals surface area (Å²) in [5, 5.41) is 2.35. The molecule has 11 heteroatoms. The van der Waals surface area contributed by atoms with Gasteiger partial charge in [-0.3, -0.25) is 4.79 Å². The van der Waals surface area contributed by atoms with Crippen LogP contribution in [-0.4, -0.2) is 40.7 Å². The first-order chi connectivity index (χ1) is 14.2. The van der Waals surface area contributed by atoms with Crippen LogP contribution >= 0.6 is 0 Å². The van der Waals surface area contributed by atoms with Crippen LogP contribution in [0.5, 0.6) is 5.75 Å². The van der Waals surface area contributed by atoms with Crippen LogP contribution in [0, 0.1) is 5.82 Å². The van der Waals surface area contributed by atoms with Gasteiger partial charge >= 0.3 is 0 Å². The minimum atomic E-state index is -3.94. The normalized spacial score (nSPS) is 16.6. The molecule has 1 saturated heterocycles. The smallest absolute Gasteiger partial charge is 0.266 e. The zero-order chi connectivity index (χ0) is 21.9. The number of hydrogen-bond donors (Lipinski definition) is 2. The standard InChI is InChI=1S/C19H19F3N2O5S/c1-28-17-5-3-13(30(26,27)24-12-6-7-29-10-12)9-15(17)19(25)23-11-2-4-16(20)14(8-11)18(21)22/h2-5,8-9,12,18,24H,6-7,10H2,1H3,(H,23,25)/t12-/m0/s1. The number of anilines is 1. The van der Waals surface area contributed by atoms with E-state index in [1.807, 2.05) is 0 Å². The average Bonchev–Trinajstić information content (AvgIpc) is 3.20. The predicted molar refractivity (Wildman–Crippen MR) is 102 cm³/mol. The van der Waals surface area contributed by atoms with Crippen LogP contribution < -0.4 is 14.8 Å². The Kier molecular flexibility index (Phi) is 6.64. The van der Waals surface area contributed by atoms with Crippen LogP contribution in [0.25, 0.3) is 0 Å². The largest absolute Gasteiger partial charge is 0.496 e. The van der Waals surface area contributed by atoms with Crippen molar-refractivity contribution in [2.24, 2.45) is 0 Å². The maximum atomic E-state index is 13.5. The van der Waals surface area contributed by atoms with Crippen molar-refractivity contribution in [1.29, 1.82) is 0 Å². The van der Waals surface area contributed by atoms with Gasteiger partial charge in [-0.1, -0.05) is 0 Å². The zero-order valence-corrected chi connectivity index (χ0v) is 16.6. The Morgan fingerprint density at radius 1 is 1.23 bits per heavy atom. The lowest BCUT2D eigenvalue weighted by molar-refractivity contribution is 0.102. The Labute approximate surface area is 171 Å². The molecule has 0 bridgehead atoms. The molecule has 1 heterocycles. The number of sulfonamides is 1. The lowest BCUT2D eigenvalue weighted by Crippen LogP contribution is -2.35. The van der Waals surface area contributed by atoms with Crippen molar-refractivity contribution in [2.45, 2.75) is 23.8 Å². The molecule has 0 unspecified atom stereocenters. The molecule has 1 aliphatic heterocycles. The van der Waals surface area contributed by atoms with Gasteiger partial charge in [0.1, 0.15) is 11.6 Å². The van der Waals surface area contributed by atoms with Crippen LogP contribution in [0.1, 0.15) is 28.8 Å². The van der Waals surface area contributed by atoms with E-state index in [-0.39, 0.29) is 34.5 Å². The average molecular weight is 444 g/mol. The van der Waals surface area contributed by atoms with E-state index in [1.165, 1.54) is 19.2 Å². The zero-order valence-electron chi connectivity index (χ0n) is 15.8. The molecule has 2 N–H and O–H groups in total. The van der Waals surface area contributed by atoms with E-state index in [0.717, 1.165) is 24.3 Å². The maximum absolute atomic E-state index is 13.5. The van der Waals surface area contributed by atoms with Gasteiger partial charge in [0.25, 0.3) is 12.3 Å². The highest BCUT2D eigenvalue weighted by Gasteiger charge is 2.25. The van der Waals surface area contributed by atoms with Crippen molar-refractivity contribution in [2.75, 3.05) is 25.6 Å². The Morgan fingerprint density at radius 3 is 2.63 bits per heavy atom. The molecular formula is C19H19F3N2O5S. The first kappa shape index (κ1) is 22.1. The van der Waals surface area contributed by atoms with Gasteiger partial charge in [0.2, 0.25) is 10.0 Å². The van der Waals surface area contributed by atoms with Crippen molar-refractivity contribution in [3.8, 4) is 5.75 Å². The van der Waals surface area contributed by atoms with E-state index in [1.54, 1.807) is 0 Å². The number of alkyl halides is 2. The van der Waals surface area contributed by atoms with Crippen molar-refractivity contribution in [3.63, 3.8) is 0 Å². The van der Waals surface area contributed by atoms with Gasteiger partial charge in [0, 0.05) is 18.3 Å². The first-order valence-corrected chi connectivity index (χ1v) is 10.4. The summed E-state index contributed by atoms with van der Waals surface area (Å²) in [6, 6.07) is 6.07. The van der Waals surface area contributed by atoms with Crippen molar-refractivity contribution >= 4 is 21.6 Å². The number of rotatable bonds is 7. The quantitative estimate of drug-likeness (QED) is 0.685. The third-order valence-corrected chi connectivity index (χ3v) is 5.98. The molecule has 2 aromatic carbocycles. The van der Waals surface area contributed by atoms with Crippen molar-refractivity contribution < 1.29 is 35.9 Å². The fourth-order valence-electron chi connectivity index (χ4n) is 2.93. The first-order valence-electron chi connectivity index (χ1n) is 8.88. The van der Waals surface area contributed by atoms with Gasteiger partial charge in [-0.05, 0) is 42.8 Å². The van der Waals surface area contributed by atoms with E-state index in [9.17, 15) is 26.4 Å². The van der Waals surface area contributed by atoms with Gasteiger partial charge < -0.3 is 14.8 Å². The number of nitrogens with one attached hydrogen (secondary N) is 2. The van der Waals surface area contributed by atoms with Gasteiger partial charge in [0.15, 0.2) is 0 Å². The van der Waals surface area contributed by atoms with Gasteiger partial charge in [0.05, 0.1) is 29.7 Å². The monoisotopic (exact) mass is 444 g/mol. The Hall–Kier alpha value is -2.63. The van der Waals surface area contributed by atoms with E-state index in [2.05, 4.69) is 10.0 Å². The summed E-state index contributed by atoms with van der Waals surface area (Å²) in [5.74, 6) is -1.83. The molecule has 0 radical (unpaired) electrons. The molecule has 7 nitrogen and oxygen atoms in total. The summed E-state index contributed by atoms with van der Waals surface area (Å²) in [6.07, 6.45) is -2.53. The second-order valence-corrected chi connectivity index (χ2v) is 8.25. The molecule has 0 aliphatic carbocycles. The molecule has 2 aromatic rings.